The minimum Gasteiger partial charge on any atom is -0.472 e. The predicted octanol–water partition coefficient (Wildman–Crippen LogP) is 3.85. The lowest BCUT2D eigenvalue weighted by molar-refractivity contribution is 0.540. The predicted molar refractivity (Wildman–Crippen MR) is 72.0 cm³/mol. The lowest BCUT2D eigenvalue weighted by Crippen LogP contribution is -2.24. The Morgan fingerprint density at radius 1 is 1.44 bits per heavy atom. The molecule has 1 aromatic rings. The molecule has 3 heteroatoms. The highest BCUT2D eigenvalue weighted by Gasteiger charge is 2.13. The van der Waals surface area contributed by atoms with Gasteiger partial charge in [0.2, 0.25) is 0 Å². The van der Waals surface area contributed by atoms with E-state index in [2.05, 4.69) is 32.2 Å². The Kier molecular flexibility index (Phi) is 6.65. The van der Waals surface area contributed by atoms with Gasteiger partial charge in [-0.3, -0.25) is 0 Å². The number of rotatable bonds is 8. The highest BCUT2D eigenvalue weighted by atomic mass is 32.2. The molecule has 0 amide bonds. The van der Waals surface area contributed by atoms with Crippen molar-refractivity contribution in [3.8, 4) is 0 Å². The van der Waals surface area contributed by atoms with Gasteiger partial charge in [-0.25, -0.2) is 0 Å². The maximum absolute atomic E-state index is 5.16. The first-order chi connectivity index (χ1) is 7.77. The molecule has 0 aliphatic carbocycles. The van der Waals surface area contributed by atoms with Crippen LogP contribution in [0.25, 0.3) is 0 Å². The number of furan rings is 1. The van der Waals surface area contributed by atoms with Crippen molar-refractivity contribution in [1.82, 2.24) is 5.32 Å². The molecule has 0 aliphatic rings. The van der Waals surface area contributed by atoms with E-state index in [0.29, 0.717) is 6.04 Å². The molecule has 92 valence electrons. The molecule has 0 aliphatic heterocycles. The molecule has 0 spiro atoms. The molecule has 0 saturated heterocycles. The highest BCUT2D eigenvalue weighted by Crippen LogP contribution is 2.23. The van der Waals surface area contributed by atoms with Crippen molar-refractivity contribution in [2.45, 2.75) is 44.9 Å². The van der Waals surface area contributed by atoms with Crippen LogP contribution < -0.4 is 5.32 Å². The van der Waals surface area contributed by atoms with Gasteiger partial charge < -0.3 is 9.73 Å². The molecule has 0 saturated carbocycles. The number of nitrogens with one attached hydrogen (secondary N) is 1. The Morgan fingerprint density at radius 3 is 2.81 bits per heavy atom. The topological polar surface area (TPSA) is 25.2 Å². The van der Waals surface area contributed by atoms with Gasteiger partial charge in [-0.1, -0.05) is 20.8 Å². The van der Waals surface area contributed by atoms with Gasteiger partial charge in [0.1, 0.15) is 0 Å². The molecule has 0 fully saturated rings. The van der Waals surface area contributed by atoms with E-state index in [1.54, 1.807) is 6.26 Å². The van der Waals surface area contributed by atoms with Gasteiger partial charge in [0.25, 0.3) is 0 Å². The third-order valence-corrected chi connectivity index (χ3v) is 4.14. The maximum Gasteiger partial charge on any atom is 0.0950 e. The van der Waals surface area contributed by atoms with Crippen LogP contribution in [-0.4, -0.2) is 17.5 Å². The normalized spacial score (nSPS) is 14.9. The van der Waals surface area contributed by atoms with E-state index in [0.717, 1.165) is 17.5 Å². The molecule has 2 unspecified atom stereocenters. The SMILES string of the molecule is CCCNC(CSC(C)CC)c1ccoc1. The van der Waals surface area contributed by atoms with Crippen molar-refractivity contribution >= 4 is 11.8 Å². The Labute approximate surface area is 103 Å². The molecule has 0 aromatic carbocycles. The maximum atomic E-state index is 5.16. The third kappa shape index (κ3) is 4.62. The molecule has 2 atom stereocenters. The first kappa shape index (κ1) is 13.7. The lowest BCUT2D eigenvalue weighted by Gasteiger charge is -2.18. The zero-order chi connectivity index (χ0) is 11.8. The van der Waals surface area contributed by atoms with Crippen molar-refractivity contribution in [1.29, 1.82) is 0 Å². The Balaban J connectivity index is 2.44. The quantitative estimate of drug-likeness (QED) is 0.748. The smallest absolute Gasteiger partial charge is 0.0950 e. The summed E-state index contributed by atoms with van der Waals surface area (Å²) >= 11 is 2.03. The number of hydrogen-bond acceptors (Lipinski definition) is 3. The third-order valence-electron chi connectivity index (χ3n) is 2.71. The van der Waals surface area contributed by atoms with Gasteiger partial charge in [0.05, 0.1) is 12.5 Å². The molecule has 0 radical (unpaired) electrons. The van der Waals surface area contributed by atoms with Crippen LogP contribution in [0.4, 0.5) is 0 Å². The van der Waals surface area contributed by atoms with E-state index in [9.17, 15) is 0 Å². The lowest BCUT2D eigenvalue weighted by atomic mass is 10.2. The number of hydrogen-bond donors (Lipinski definition) is 1. The molecule has 1 rings (SSSR count). The first-order valence-corrected chi connectivity index (χ1v) is 7.19. The molecule has 0 bridgehead atoms. The van der Waals surface area contributed by atoms with Crippen LogP contribution in [0, 0.1) is 0 Å². The van der Waals surface area contributed by atoms with Crippen molar-refractivity contribution in [2.24, 2.45) is 0 Å². The van der Waals surface area contributed by atoms with Crippen LogP contribution in [0.15, 0.2) is 23.0 Å². The van der Waals surface area contributed by atoms with E-state index >= 15 is 0 Å². The summed E-state index contributed by atoms with van der Waals surface area (Å²) < 4.78 is 5.16. The zero-order valence-corrected chi connectivity index (χ0v) is 11.3. The summed E-state index contributed by atoms with van der Waals surface area (Å²) in [6.07, 6.45) is 6.01. The van der Waals surface area contributed by atoms with Gasteiger partial charge in [0.15, 0.2) is 0 Å². The minimum absolute atomic E-state index is 0.428. The summed E-state index contributed by atoms with van der Waals surface area (Å²) in [5, 5.41) is 4.30. The summed E-state index contributed by atoms with van der Waals surface area (Å²) in [6, 6.07) is 2.49. The fourth-order valence-electron chi connectivity index (χ4n) is 1.44. The van der Waals surface area contributed by atoms with Crippen molar-refractivity contribution in [3.63, 3.8) is 0 Å². The molecular weight excluding hydrogens is 218 g/mol. The van der Waals surface area contributed by atoms with Crippen molar-refractivity contribution < 1.29 is 4.42 Å². The van der Waals surface area contributed by atoms with Crippen LogP contribution in [0.3, 0.4) is 0 Å². The fourth-order valence-corrected chi connectivity index (χ4v) is 2.51. The largest absolute Gasteiger partial charge is 0.472 e. The van der Waals surface area contributed by atoms with E-state index in [4.69, 9.17) is 4.42 Å². The Morgan fingerprint density at radius 2 is 2.25 bits per heavy atom. The van der Waals surface area contributed by atoms with Gasteiger partial charge in [-0.15, -0.1) is 0 Å². The summed E-state index contributed by atoms with van der Waals surface area (Å²) in [6.45, 7) is 7.79. The average molecular weight is 241 g/mol. The Bertz CT molecular complexity index is 261. The van der Waals surface area contributed by atoms with Gasteiger partial charge >= 0.3 is 0 Å². The second kappa shape index (κ2) is 7.80. The number of thioether (sulfide) groups is 1. The molecule has 16 heavy (non-hydrogen) atoms. The summed E-state index contributed by atoms with van der Waals surface area (Å²) in [5.41, 5.74) is 1.27. The zero-order valence-electron chi connectivity index (χ0n) is 10.5. The molecule has 1 heterocycles. The van der Waals surface area contributed by atoms with Crippen LogP contribution >= 0.6 is 11.8 Å². The van der Waals surface area contributed by atoms with E-state index in [1.807, 2.05) is 18.0 Å². The molecule has 1 aromatic heterocycles. The minimum atomic E-state index is 0.428. The van der Waals surface area contributed by atoms with Gasteiger partial charge in [-0.05, 0) is 25.5 Å². The van der Waals surface area contributed by atoms with E-state index in [-0.39, 0.29) is 0 Å². The second-order valence-corrected chi connectivity index (χ2v) is 5.59. The summed E-state index contributed by atoms with van der Waals surface area (Å²) in [5.74, 6) is 1.12. The fraction of sp³-hybridized carbons (Fsp3) is 0.692. The average Bonchev–Trinajstić information content (AvgIpc) is 2.82. The standard InChI is InChI=1S/C13H23NOS/c1-4-7-14-13(10-16-11(3)5-2)12-6-8-15-9-12/h6,8-9,11,13-14H,4-5,7,10H2,1-3H3. The monoisotopic (exact) mass is 241 g/mol. The van der Waals surface area contributed by atoms with E-state index < -0.39 is 0 Å². The summed E-state index contributed by atoms with van der Waals surface area (Å²) in [4.78, 5) is 0. The second-order valence-electron chi connectivity index (χ2n) is 4.12. The summed E-state index contributed by atoms with van der Waals surface area (Å²) in [7, 11) is 0. The van der Waals surface area contributed by atoms with Gasteiger partial charge in [0, 0.05) is 22.6 Å². The molecular formula is C13H23NOS. The van der Waals surface area contributed by atoms with Crippen LogP contribution in [0.1, 0.15) is 45.2 Å². The van der Waals surface area contributed by atoms with Crippen LogP contribution in [-0.2, 0) is 0 Å². The van der Waals surface area contributed by atoms with Crippen molar-refractivity contribution in [3.05, 3.63) is 24.2 Å². The van der Waals surface area contributed by atoms with Crippen LogP contribution in [0.2, 0.25) is 0 Å². The van der Waals surface area contributed by atoms with Crippen molar-refractivity contribution in [2.75, 3.05) is 12.3 Å². The highest BCUT2D eigenvalue weighted by molar-refractivity contribution is 7.99. The first-order valence-electron chi connectivity index (χ1n) is 6.15. The Hall–Kier alpha value is -0.410. The van der Waals surface area contributed by atoms with Gasteiger partial charge in [-0.2, -0.15) is 11.8 Å². The molecule has 1 N–H and O–H groups in total. The van der Waals surface area contributed by atoms with Crippen LogP contribution in [0.5, 0.6) is 0 Å². The van der Waals surface area contributed by atoms with E-state index in [1.165, 1.54) is 18.4 Å². The molecule has 2 nitrogen and oxygen atoms in total.